The van der Waals surface area contributed by atoms with E-state index in [1.165, 1.54) is 4.90 Å². The summed E-state index contributed by atoms with van der Waals surface area (Å²) in [5, 5.41) is 8.39. The molecule has 128 valence electrons. The van der Waals surface area contributed by atoms with Gasteiger partial charge in [0, 0.05) is 20.1 Å². The second-order valence-corrected chi connectivity index (χ2v) is 7.28. The van der Waals surface area contributed by atoms with Crippen molar-refractivity contribution in [1.82, 2.24) is 9.21 Å². The number of carbonyl (C=O) groups excluding carboxylic acids is 1. The van der Waals surface area contributed by atoms with Crippen molar-refractivity contribution in [2.75, 3.05) is 20.1 Å². The first-order chi connectivity index (χ1) is 10.8. The Bertz CT molecular complexity index is 696. The van der Waals surface area contributed by atoms with Crippen LogP contribution in [0.4, 0.5) is 0 Å². The second-order valence-electron chi connectivity index (χ2n) is 5.46. The SMILES string of the molecule is CCCN(C)C(=O)C1CCCN1S(=O)(=O)c1ccc(C(=O)O)o1. The van der Waals surface area contributed by atoms with E-state index in [-0.39, 0.29) is 12.5 Å². The molecule has 8 nitrogen and oxygen atoms in total. The Morgan fingerprint density at radius 3 is 2.70 bits per heavy atom. The van der Waals surface area contributed by atoms with Crippen LogP contribution in [0.3, 0.4) is 0 Å². The Kier molecular flexibility index (Phi) is 5.10. The number of carbonyl (C=O) groups is 2. The van der Waals surface area contributed by atoms with Crippen molar-refractivity contribution in [3.63, 3.8) is 0 Å². The van der Waals surface area contributed by atoms with Gasteiger partial charge < -0.3 is 14.4 Å². The molecule has 0 saturated carbocycles. The standard InChI is InChI=1S/C14H20N2O6S/c1-3-8-15(2)13(17)10-5-4-9-16(10)23(20,21)12-7-6-11(22-12)14(18)19/h6-7,10H,3-5,8-9H2,1-2H3,(H,18,19). The summed E-state index contributed by atoms with van der Waals surface area (Å²) in [7, 11) is -2.39. The Morgan fingerprint density at radius 1 is 1.43 bits per heavy atom. The van der Waals surface area contributed by atoms with Gasteiger partial charge in [0.05, 0.1) is 0 Å². The average Bonchev–Trinajstić information content (AvgIpc) is 3.16. The van der Waals surface area contributed by atoms with Crippen LogP contribution in [0.1, 0.15) is 36.7 Å². The van der Waals surface area contributed by atoms with Gasteiger partial charge in [-0.15, -0.1) is 0 Å². The molecule has 9 heteroatoms. The highest BCUT2D eigenvalue weighted by atomic mass is 32.2. The molecule has 1 N–H and O–H groups in total. The molecule has 0 aromatic carbocycles. The van der Waals surface area contributed by atoms with E-state index >= 15 is 0 Å². The van der Waals surface area contributed by atoms with Crippen molar-refractivity contribution in [2.45, 2.75) is 37.3 Å². The van der Waals surface area contributed by atoms with Crippen LogP contribution in [0.15, 0.2) is 21.6 Å². The monoisotopic (exact) mass is 344 g/mol. The highest BCUT2D eigenvalue weighted by molar-refractivity contribution is 7.89. The third kappa shape index (κ3) is 3.40. The predicted octanol–water partition coefficient (Wildman–Crippen LogP) is 0.999. The first-order valence-corrected chi connectivity index (χ1v) is 8.83. The summed E-state index contributed by atoms with van der Waals surface area (Å²) in [6.07, 6.45) is 1.79. The lowest BCUT2D eigenvalue weighted by molar-refractivity contribution is -0.133. The maximum absolute atomic E-state index is 12.6. The fourth-order valence-electron chi connectivity index (χ4n) is 2.66. The zero-order valence-corrected chi connectivity index (χ0v) is 13.9. The minimum atomic E-state index is -4.04. The van der Waals surface area contributed by atoms with Crippen LogP contribution in [0.2, 0.25) is 0 Å². The summed E-state index contributed by atoms with van der Waals surface area (Å²) in [6, 6.07) is 1.43. The Morgan fingerprint density at radius 2 is 2.13 bits per heavy atom. The van der Waals surface area contributed by atoms with Crippen LogP contribution in [0.25, 0.3) is 0 Å². The summed E-state index contributed by atoms with van der Waals surface area (Å²) >= 11 is 0. The lowest BCUT2D eigenvalue weighted by Gasteiger charge is -2.26. The molecule has 1 aromatic rings. The maximum Gasteiger partial charge on any atom is 0.371 e. The maximum atomic E-state index is 12.6. The Hall–Kier alpha value is -1.87. The molecular weight excluding hydrogens is 324 g/mol. The Labute approximate surface area is 134 Å². The molecule has 2 rings (SSSR count). The van der Waals surface area contributed by atoms with E-state index in [0.29, 0.717) is 19.4 Å². The minimum Gasteiger partial charge on any atom is -0.475 e. The molecule has 1 amide bonds. The number of sulfonamides is 1. The van der Waals surface area contributed by atoms with Gasteiger partial charge in [0.25, 0.3) is 10.0 Å². The van der Waals surface area contributed by atoms with Gasteiger partial charge in [0.2, 0.25) is 16.8 Å². The van der Waals surface area contributed by atoms with Gasteiger partial charge in [-0.1, -0.05) is 6.92 Å². The highest BCUT2D eigenvalue weighted by Crippen LogP contribution is 2.28. The van der Waals surface area contributed by atoms with Crippen LogP contribution in [0, 0.1) is 0 Å². The van der Waals surface area contributed by atoms with Crippen molar-refractivity contribution in [2.24, 2.45) is 0 Å². The Balaban J connectivity index is 2.27. The number of hydrogen-bond donors (Lipinski definition) is 1. The first kappa shape index (κ1) is 17.5. The molecular formula is C14H20N2O6S. The van der Waals surface area contributed by atoms with Gasteiger partial charge in [0.1, 0.15) is 6.04 Å². The zero-order chi connectivity index (χ0) is 17.2. The normalized spacial score (nSPS) is 19.0. The van der Waals surface area contributed by atoms with Gasteiger partial charge in [-0.25, -0.2) is 13.2 Å². The molecule has 1 fully saturated rings. The first-order valence-electron chi connectivity index (χ1n) is 7.39. The quantitative estimate of drug-likeness (QED) is 0.825. The van der Waals surface area contributed by atoms with Crippen molar-refractivity contribution < 1.29 is 27.5 Å². The van der Waals surface area contributed by atoms with Gasteiger partial charge >= 0.3 is 5.97 Å². The number of nitrogens with zero attached hydrogens (tertiary/aromatic N) is 2. The number of carboxylic acid groups (broad SMARTS) is 1. The number of hydrogen-bond acceptors (Lipinski definition) is 5. The van der Waals surface area contributed by atoms with Crippen LogP contribution in [-0.2, 0) is 14.8 Å². The van der Waals surface area contributed by atoms with Crippen LogP contribution < -0.4 is 0 Å². The largest absolute Gasteiger partial charge is 0.475 e. The molecule has 1 unspecified atom stereocenters. The number of likely N-dealkylation sites (N-methyl/N-ethyl adjacent to an activating group) is 1. The highest BCUT2D eigenvalue weighted by Gasteiger charge is 2.42. The zero-order valence-electron chi connectivity index (χ0n) is 13.1. The minimum absolute atomic E-state index is 0.210. The third-order valence-corrected chi connectivity index (χ3v) is 5.56. The third-order valence-electron chi connectivity index (χ3n) is 3.78. The van der Waals surface area contributed by atoms with E-state index in [4.69, 9.17) is 9.52 Å². The number of furan rings is 1. The molecule has 1 atom stereocenters. The topological polar surface area (TPSA) is 108 Å². The lowest BCUT2D eigenvalue weighted by atomic mass is 10.2. The van der Waals surface area contributed by atoms with Crippen molar-refractivity contribution in [3.8, 4) is 0 Å². The number of amides is 1. The van der Waals surface area contributed by atoms with Crippen molar-refractivity contribution in [3.05, 3.63) is 17.9 Å². The van der Waals surface area contributed by atoms with E-state index < -0.39 is 32.9 Å². The van der Waals surface area contributed by atoms with E-state index in [0.717, 1.165) is 22.9 Å². The second kappa shape index (κ2) is 6.71. The molecule has 0 aliphatic carbocycles. The van der Waals surface area contributed by atoms with E-state index in [9.17, 15) is 18.0 Å². The van der Waals surface area contributed by atoms with Crippen molar-refractivity contribution in [1.29, 1.82) is 0 Å². The number of carboxylic acids is 1. The summed E-state index contributed by atoms with van der Waals surface area (Å²) < 4.78 is 31.3. The molecule has 1 saturated heterocycles. The smallest absolute Gasteiger partial charge is 0.371 e. The molecule has 23 heavy (non-hydrogen) atoms. The van der Waals surface area contributed by atoms with E-state index in [2.05, 4.69) is 0 Å². The summed E-state index contributed by atoms with van der Waals surface area (Å²) in [5.41, 5.74) is 0. The number of aromatic carboxylic acids is 1. The van der Waals surface area contributed by atoms with Crippen molar-refractivity contribution >= 4 is 21.9 Å². The van der Waals surface area contributed by atoms with Gasteiger partial charge in [-0.2, -0.15) is 4.31 Å². The summed E-state index contributed by atoms with van der Waals surface area (Å²) in [5.74, 6) is -2.05. The fraction of sp³-hybridized carbons (Fsp3) is 0.571. The molecule has 0 bridgehead atoms. The van der Waals surface area contributed by atoms with E-state index in [1.54, 1.807) is 7.05 Å². The molecule has 0 radical (unpaired) electrons. The molecule has 2 heterocycles. The predicted molar refractivity (Wildman–Crippen MR) is 80.5 cm³/mol. The number of rotatable bonds is 6. The van der Waals surface area contributed by atoms with Crippen LogP contribution >= 0.6 is 0 Å². The van der Waals surface area contributed by atoms with Gasteiger partial charge in [-0.05, 0) is 31.4 Å². The molecule has 1 aromatic heterocycles. The van der Waals surface area contributed by atoms with Crippen LogP contribution in [-0.4, -0.2) is 60.8 Å². The van der Waals surface area contributed by atoms with Gasteiger partial charge in [-0.3, -0.25) is 4.79 Å². The fourth-order valence-corrected chi connectivity index (χ4v) is 4.23. The average molecular weight is 344 g/mol. The van der Waals surface area contributed by atoms with Gasteiger partial charge in [0.15, 0.2) is 0 Å². The molecule has 1 aliphatic heterocycles. The molecule has 0 spiro atoms. The van der Waals surface area contributed by atoms with Crippen LogP contribution in [0.5, 0.6) is 0 Å². The summed E-state index contributed by atoms with van der Waals surface area (Å²) in [4.78, 5) is 24.8. The summed E-state index contributed by atoms with van der Waals surface area (Å²) in [6.45, 7) is 2.69. The van der Waals surface area contributed by atoms with E-state index in [1.807, 2.05) is 6.92 Å². The molecule has 1 aliphatic rings. The lowest BCUT2D eigenvalue weighted by Crippen LogP contribution is -2.46.